The molecule has 5 nitrogen and oxygen atoms in total. The van der Waals surface area contributed by atoms with Gasteiger partial charge in [-0.05, 0) is 19.3 Å². The average Bonchev–Trinajstić information content (AvgIpc) is 2.25. The fourth-order valence-electron chi connectivity index (χ4n) is 1.40. The van der Waals surface area contributed by atoms with Gasteiger partial charge in [-0.1, -0.05) is 6.92 Å². The Balaban J connectivity index is 3.71. The van der Waals surface area contributed by atoms with Crippen LogP contribution in [0.5, 0.6) is 0 Å². The molecule has 0 aromatic carbocycles. The summed E-state index contributed by atoms with van der Waals surface area (Å²) in [5.41, 5.74) is 0. The number of aliphatic carboxylic acids is 1. The molecule has 3 N–H and O–H groups in total. The van der Waals surface area contributed by atoms with Crippen LogP contribution in [0.4, 0.5) is 18.0 Å². The molecular weight excluding hydrogens is 265 g/mol. The van der Waals surface area contributed by atoms with Crippen molar-refractivity contribution in [3.63, 3.8) is 0 Å². The molecule has 0 aromatic rings. The second-order valence-corrected chi connectivity index (χ2v) is 4.18. The van der Waals surface area contributed by atoms with Crippen molar-refractivity contribution in [3.05, 3.63) is 0 Å². The van der Waals surface area contributed by atoms with Crippen molar-refractivity contribution in [2.75, 3.05) is 6.54 Å². The zero-order chi connectivity index (χ0) is 14.9. The van der Waals surface area contributed by atoms with E-state index in [0.717, 1.165) is 0 Å². The largest absolute Gasteiger partial charge is 0.481 e. The van der Waals surface area contributed by atoms with Gasteiger partial charge in [0.05, 0.1) is 6.42 Å². The number of halogens is 3. The molecule has 0 heterocycles. The minimum atomic E-state index is -4.17. The van der Waals surface area contributed by atoms with Crippen molar-refractivity contribution < 1.29 is 27.9 Å². The molecule has 0 aliphatic heterocycles. The Morgan fingerprint density at radius 1 is 1.26 bits per heavy atom. The molecule has 0 aromatic heterocycles. The van der Waals surface area contributed by atoms with Crippen LogP contribution in [0.15, 0.2) is 0 Å². The smallest absolute Gasteiger partial charge is 0.389 e. The van der Waals surface area contributed by atoms with Gasteiger partial charge in [0.1, 0.15) is 0 Å². The van der Waals surface area contributed by atoms with E-state index in [1.807, 2.05) is 0 Å². The fraction of sp³-hybridized carbons (Fsp3) is 0.818. The summed E-state index contributed by atoms with van der Waals surface area (Å²) in [6.45, 7) is 1.86. The van der Waals surface area contributed by atoms with Crippen LogP contribution < -0.4 is 10.6 Å². The van der Waals surface area contributed by atoms with E-state index in [2.05, 4.69) is 10.6 Å². The zero-order valence-corrected chi connectivity index (χ0v) is 10.7. The van der Waals surface area contributed by atoms with E-state index in [-0.39, 0.29) is 25.8 Å². The predicted molar refractivity (Wildman–Crippen MR) is 62.8 cm³/mol. The fourth-order valence-corrected chi connectivity index (χ4v) is 1.40. The number of alkyl halides is 3. The Morgan fingerprint density at radius 2 is 1.89 bits per heavy atom. The molecule has 0 radical (unpaired) electrons. The molecule has 0 fully saturated rings. The van der Waals surface area contributed by atoms with E-state index in [1.54, 1.807) is 6.92 Å². The highest BCUT2D eigenvalue weighted by molar-refractivity contribution is 5.75. The lowest BCUT2D eigenvalue weighted by molar-refractivity contribution is -0.137. The second-order valence-electron chi connectivity index (χ2n) is 4.18. The first kappa shape index (κ1) is 17.5. The van der Waals surface area contributed by atoms with Gasteiger partial charge in [-0.25, -0.2) is 4.79 Å². The normalized spacial score (nSPS) is 12.8. The lowest BCUT2D eigenvalue weighted by Crippen LogP contribution is -2.43. The Hall–Kier alpha value is -1.47. The maximum atomic E-state index is 11.8. The number of unbranched alkanes of at least 4 members (excludes halogenated alkanes) is 1. The second kappa shape index (κ2) is 8.60. The zero-order valence-electron chi connectivity index (χ0n) is 10.7. The number of hydrogen-bond donors (Lipinski definition) is 3. The number of carboxylic acids is 1. The van der Waals surface area contributed by atoms with Crippen molar-refractivity contribution in [2.24, 2.45) is 0 Å². The number of urea groups is 1. The Bertz CT molecular complexity index is 295. The molecule has 0 saturated carbocycles. The highest BCUT2D eigenvalue weighted by atomic mass is 19.4. The van der Waals surface area contributed by atoms with E-state index in [9.17, 15) is 22.8 Å². The number of carbonyl (C=O) groups is 2. The van der Waals surface area contributed by atoms with Crippen LogP contribution >= 0.6 is 0 Å². The van der Waals surface area contributed by atoms with Crippen LogP contribution in [0.3, 0.4) is 0 Å². The van der Waals surface area contributed by atoms with E-state index < -0.39 is 30.6 Å². The topological polar surface area (TPSA) is 78.4 Å². The van der Waals surface area contributed by atoms with Gasteiger partial charge < -0.3 is 15.7 Å². The number of carboxylic acid groups (broad SMARTS) is 1. The maximum absolute atomic E-state index is 11.8. The molecule has 19 heavy (non-hydrogen) atoms. The van der Waals surface area contributed by atoms with Gasteiger partial charge >= 0.3 is 18.2 Å². The molecule has 0 spiro atoms. The standard InChI is InChI=1S/C11H19F3N2O3/c1-2-8(7-9(17)18)16-10(19)15-6-4-3-5-11(12,13)14/h8H,2-7H2,1H3,(H,17,18)(H2,15,16,19). The van der Waals surface area contributed by atoms with Crippen molar-refractivity contribution in [1.29, 1.82) is 0 Å². The summed E-state index contributed by atoms with van der Waals surface area (Å²) in [5.74, 6) is -1.02. The lowest BCUT2D eigenvalue weighted by Gasteiger charge is -2.15. The summed E-state index contributed by atoms with van der Waals surface area (Å²) in [6, 6.07) is -1.03. The van der Waals surface area contributed by atoms with Crippen LogP contribution in [-0.2, 0) is 4.79 Å². The van der Waals surface area contributed by atoms with Gasteiger partial charge in [-0.15, -0.1) is 0 Å². The van der Waals surface area contributed by atoms with Gasteiger partial charge in [0, 0.05) is 19.0 Å². The minimum absolute atomic E-state index is 0.0455. The minimum Gasteiger partial charge on any atom is -0.481 e. The number of carbonyl (C=O) groups excluding carboxylic acids is 1. The lowest BCUT2D eigenvalue weighted by atomic mass is 10.1. The van der Waals surface area contributed by atoms with Crippen molar-refractivity contribution in [1.82, 2.24) is 10.6 Å². The molecule has 1 atom stereocenters. The molecule has 2 amide bonds. The third-order valence-corrected chi connectivity index (χ3v) is 2.42. The Labute approximate surface area is 109 Å². The molecule has 8 heteroatoms. The van der Waals surface area contributed by atoms with Gasteiger partial charge in [-0.3, -0.25) is 4.79 Å². The molecule has 0 aliphatic carbocycles. The van der Waals surface area contributed by atoms with Gasteiger partial charge in [0.2, 0.25) is 0 Å². The molecular formula is C11H19F3N2O3. The number of nitrogens with one attached hydrogen (secondary N) is 2. The first-order valence-corrected chi connectivity index (χ1v) is 6.07. The van der Waals surface area contributed by atoms with Gasteiger partial charge in [-0.2, -0.15) is 13.2 Å². The molecule has 0 aliphatic rings. The molecule has 1 unspecified atom stereocenters. The summed E-state index contributed by atoms with van der Waals surface area (Å²) < 4.78 is 35.5. The van der Waals surface area contributed by atoms with Gasteiger partial charge in [0.15, 0.2) is 0 Å². The van der Waals surface area contributed by atoms with E-state index in [4.69, 9.17) is 5.11 Å². The van der Waals surface area contributed by atoms with Crippen molar-refractivity contribution >= 4 is 12.0 Å². The van der Waals surface area contributed by atoms with Gasteiger partial charge in [0.25, 0.3) is 0 Å². The number of hydrogen-bond acceptors (Lipinski definition) is 2. The summed E-state index contributed by atoms with van der Waals surface area (Å²) in [7, 11) is 0. The van der Waals surface area contributed by atoms with Crippen LogP contribution in [0.1, 0.15) is 39.0 Å². The predicted octanol–water partition coefficient (Wildman–Crippen LogP) is 2.27. The molecule has 112 valence electrons. The number of rotatable bonds is 8. The number of amides is 2. The molecule has 0 bridgehead atoms. The average molecular weight is 284 g/mol. The third kappa shape index (κ3) is 11.4. The Morgan fingerprint density at radius 3 is 2.37 bits per heavy atom. The molecule has 0 rings (SSSR count). The third-order valence-electron chi connectivity index (χ3n) is 2.42. The Kier molecular flexibility index (Phi) is 7.94. The first-order chi connectivity index (χ1) is 8.74. The highest BCUT2D eigenvalue weighted by Crippen LogP contribution is 2.21. The molecule has 0 saturated heterocycles. The van der Waals surface area contributed by atoms with E-state index in [0.29, 0.717) is 6.42 Å². The SMILES string of the molecule is CCC(CC(=O)O)NC(=O)NCCCCC(F)(F)F. The van der Waals surface area contributed by atoms with Crippen LogP contribution in [-0.4, -0.2) is 35.9 Å². The summed E-state index contributed by atoms with van der Waals surface area (Å²) in [4.78, 5) is 21.8. The van der Waals surface area contributed by atoms with Crippen molar-refractivity contribution in [2.45, 2.75) is 51.2 Å². The summed E-state index contributed by atoms with van der Waals surface area (Å²) in [5, 5.41) is 13.4. The summed E-state index contributed by atoms with van der Waals surface area (Å²) >= 11 is 0. The van der Waals surface area contributed by atoms with Crippen molar-refractivity contribution in [3.8, 4) is 0 Å². The highest BCUT2D eigenvalue weighted by Gasteiger charge is 2.25. The quantitative estimate of drug-likeness (QED) is 0.598. The summed E-state index contributed by atoms with van der Waals surface area (Å²) in [6.07, 6.45) is -4.57. The van der Waals surface area contributed by atoms with Crippen LogP contribution in [0, 0.1) is 0 Å². The first-order valence-electron chi connectivity index (χ1n) is 6.07. The maximum Gasteiger partial charge on any atom is 0.389 e. The van der Waals surface area contributed by atoms with E-state index >= 15 is 0 Å². The monoisotopic (exact) mass is 284 g/mol. The van der Waals surface area contributed by atoms with Crippen LogP contribution in [0.2, 0.25) is 0 Å². The van der Waals surface area contributed by atoms with Crippen LogP contribution in [0.25, 0.3) is 0 Å². The van der Waals surface area contributed by atoms with E-state index in [1.165, 1.54) is 0 Å².